The first-order valence-electron chi connectivity index (χ1n) is 7.00. The molecular formula is C15H19N3O3. The summed E-state index contributed by atoms with van der Waals surface area (Å²) in [5.74, 6) is 3.06. The summed E-state index contributed by atoms with van der Waals surface area (Å²) in [6.45, 7) is 0. The van der Waals surface area contributed by atoms with E-state index in [-0.39, 0.29) is 6.04 Å². The Balaban J connectivity index is 1.74. The number of benzene rings is 1. The Kier molecular flexibility index (Phi) is 3.79. The molecule has 112 valence electrons. The molecule has 1 aliphatic carbocycles. The molecule has 21 heavy (non-hydrogen) atoms. The Morgan fingerprint density at radius 1 is 1.29 bits per heavy atom. The average Bonchev–Trinajstić information content (AvgIpc) is 3.26. The molecule has 0 aliphatic heterocycles. The van der Waals surface area contributed by atoms with Gasteiger partial charge in [0.05, 0.1) is 20.3 Å². The number of rotatable bonds is 6. The summed E-state index contributed by atoms with van der Waals surface area (Å²) >= 11 is 0. The van der Waals surface area contributed by atoms with E-state index in [4.69, 9.17) is 19.7 Å². The summed E-state index contributed by atoms with van der Waals surface area (Å²) in [6.07, 6.45) is 2.87. The standard InChI is InChI=1S/C15H19N3O3/c1-19-11-6-3-9(7-12(11)20-2)8-13-17-15(21-18-13)14(16)10-4-5-10/h3,6-7,10,14H,4-5,8,16H2,1-2H3. The van der Waals surface area contributed by atoms with E-state index in [9.17, 15) is 0 Å². The molecule has 2 N–H and O–H groups in total. The molecule has 3 rings (SSSR count). The fourth-order valence-electron chi connectivity index (χ4n) is 2.30. The Labute approximate surface area is 123 Å². The van der Waals surface area contributed by atoms with Gasteiger partial charge in [0, 0.05) is 6.42 Å². The smallest absolute Gasteiger partial charge is 0.243 e. The van der Waals surface area contributed by atoms with Crippen molar-refractivity contribution in [3.63, 3.8) is 0 Å². The molecule has 1 atom stereocenters. The van der Waals surface area contributed by atoms with E-state index >= 15 is 0 Å². The van der Waals surface area contributed by atoms with Gasteiger partial charge < -0.3 is 19.7 Å². The molecule has 1 fully saturated rings. The van der Waals surface area contributed by atoms with E-state index in [1.807, 2.05) is 18.2 Å². The summed E-state index contributed by atoms with van der Waals surface area (Å²) in [5.41, 5.74) is 7.09. The molecule has 2 aromatic rings. The van der Waals surface area contributed by atoms with E-state index in [0.717, 1.165) is 18.4 Å². The molecule has 6 nitrogen and oxygen atoms in total. The van der Waals surface area contributed by atoms with Gasteiger partial charge in [-0.1, -0.05) is 11.2 Å². The van der Waals surface area contributed by atoms with Gasteiger partial charge in [0.25, 0.3) is 0 Å². The molecule has 0 amide bonds. The molecule has 1 aliphatic rings. The highest BCUT2D eigenvalue weighted by atomic mass is 16.5. The van der Waals surface area contributed by atoms with Crippen molar-refractivity contribution in [1.29, 1.82) is 0 Å². The second-order valence-corrected chi connectivity index (χ2v) is 5.28. The van der Waals surface area contributed by atoms with Gasteiger partial charge in [0.15, 0.2) is 17.3 Å². The highest BCUT2D eigenvalue weighted by Gasteiger charge is 2.33. The first kappa shape index (κ1) is 13.9. The van der Waals surface area contributed by atoms with E-state index in [2.05, 4.69) is 10.1 Å². The largest absolute Gasteiger partial charge is 0.493 e. The van der Waals surface area contributed by atoms with E-state index in [1.54, 1.807) is 14.2 Å². The van der Waals surface area contributed by atoms with Crippen LogP contribution in [-0.2, 0) is 6.42 Å². The fourth-order valence-corrected chi connectivity index (χ4v) is 2.30. The number of aromatic nitrogens is 2. The Morgan fingerprint density at radius 3 is 2.71 bits per heavy atom. The van der Waals surface area contributed by atoms with Crippen LogP contribution in [0.2, 0.25) is 0 Å². The summed E-state index contributed by atoms with van der Waals surface area (Å²) in [6, 6.07) is 5.61. The molecule has 0 radical (unpaired) electrons. The number of nitrogens with zero attached hydrogens (tertiary/aromatic N) is 2. The molecule has 1 heterocycles. The predicted molar refractivity (Wildman–Crippen MR) is 76.3 cm³/mol. The fraction of sp³-hybridized carbons (Fsp3) is 0.467. The van der Waals surface area contributed by atoms with E-state index in [0.29, 0.717) is 35.6 Å². The minimum atomic E-state index is -0.128. The second kappa shape index (κ2) is 5.73. The third kappa shape index (κ3) is 3.00. The van der Waals surface area contributed by atoms with E-state index in [1.165, 1.54) is 0 Å². The van der Waals surface area contributed by atoms with Crippen molar-refractivity contribution < 1.29 is 14.0 Å². The van der Waals surface area contributed by atoms with Crippen molar-refractivity contribution >= 4 is 0 Å². The van der Waals surface area contributed by atoms with E-state index < -0.39 is 0 Å². The molecular weight excluding hydrogens is 270 g/mol. The number of hydrogen-bond donors (Lipinski definition) is 1. The zero-order chi connectivity index (χ0) is 14.8. The quantitative estimate of drug-likeness (QED) is 0.876. The number of hydrogen-bond acceptors (Lipinski definition) is 6. The molecule has 1 unspecified atom stereocenters. The molecule has 6 heteroatoms. The topological polar surface area (TPSA) is 83.4 Å². The number of methoxy groups -OCH3 is 2. The van der Waals surface area contributed by atoms with Crippen molar-refractivity contribution in [1.82, 2.24) is 10.1 Å². The number of nitrogens with two attached hydrogens (primary N) is 1. The molecule has 1 saturated carbocycles. The van der Waals surface area contributed by atoms with Crippen LogP contribution in [0.1, 0.15) is 36.2 Å². The maximum Gasteiger partial charge on any atom is 0.243 e. The number of ether oxygens (including phenoxy) is 2. The van der Waals surface area contributed by atoms with Crippen molar-refractivity contribution in [3.05, 3.63) is 35.5 Å². The zero-order valence-electron chi connectivity index (χ0n) is 12.2. The monoisotopic (exact) mass is 289 g/mol. The first-order chi connectivity index (χ1) is 10.2. The van der Waals surface area contributed by atoms with Gasteiger partial charge in [-0.3, -0.25) is 0 Å². The van der Waals surface area contributed by atoms with Crippen molar-refractivity contribution in [2.45, 2.75) is 25.3 Å². The maximum absolute atomic E-state index is 6.06. The lowest BCUT2D eigenvalue weighted by molar-refractivity contribution is 0.340. The van der Waals surface area contributed by atoms with Crippen LogP contribution in [-0.4, -0.2) is 24.4 Å². The van der Waals surface area contributed by atoms with Crippen LogP contribution < -0.4 is 15.2 Å². The van der Waals surface area contributed by atoms with Crippen LogP contribution in [0, 0.1) is 5.92 Å². The molecule has 1 aromatic carbocycles. The summed E-state index contributed by atoms with van der Waals surface area (Å²) in [5, 5.41) is 4.00. The van der Waals surface area contributed by atoms with Gasteiger partial charge in [-0.25, -0.2) is 0 Å². The molecule has 0 saturated heterocycles. The highest BCUT2D eigenvalue weighted by Crippen LogP contribution is 2.38. The van der Waals surface area contributed by atoms with Gasteiger partial charge in [-0.2, -0.15) is 4.98 Å². The van der Waals surface area contributed by atoms with Crippen LogP contribution >= 0.6 is 0 Å². The lowest BCUT2D eigenvalue weighted by atomic mass is 10.1. The lowest BCUT2D eigenvalue weighted by Crippen LogP contribution is -2.12. The van der Waals surface area contributed by atoms with Crippen molar-refractivity contribution in [2.24, 2.45) is 11.7 Å². The third-order valence-electron chi connectivity index (χ3n) is 3.71. The molecule has 1 aromatic heterocycles. The predicted octanol–water partition coefficient (Wildman–Crippen LogP) is 2.09. The van der Waals surface area contributed by atoms with Crippen LogP contribution in [0.5, 0.6) is 11.5 Å². The Hall–Kier alpha value is -2.08. The third-order valence-corrected chi connectivity index (χ3v) is 3.71. The minimum absolute atomic E-state index is 0.128. The normalized spacial score (nSPS) is 15.8. The minimum Gasteiger partial charge on any atom is -0.493 e. The Morgan fingerprint density at radius 2 is 2.05 bits per heavy atom. The van der Waals surface area contributed by atoms with Crippen LogP contribution in [0.3, 0.4) is 0 Å². The average molecular weight is 289 g/mol. The summed E-state index contributed by atoms with van der Waals surface area (Å²) in [4.78, 5) is 4.39. The Bertz CT molecular complexity index is 622. The zero-order valence-corrected chi connectivity index (χ0v) is 12.2. The van der Waals surface area contributed by atoms with Gasteiger partial charge in [-0.05, 0) is 36.5 Å². The van der Waals surface area contributed by atoms with Crippen LogP contribution in [0.25, 0.3) is 0 Å². The maximum atomic E-state index is 6.06. The van der Waals surface area contributed by atoms with Gasteiger partial charge in [0.1, 0.15) is 0 Å². The van der Waals surface area contributed by atoms with Gasteiger partial charge in [0.2, 0.25) is 5.89 Å². The summed E-state index contributed by atoms with van der Waals surface area (Å²) in [7, 11) is 3.23. The molecule has 0 bridgehead atoms. The second-order valence-electron chi connectivity index (χ2n) is 5.28. The van der Waals surface area contributed by atoms with Gasteiger partial charge in [-0.15, -0.1) is 0 Å². The summed E-state index contributed by atoms with van der Waals surface area (Å²) < 4.78 is 15.8. The van der Waals surface area contributed by atoms with Crippen LogP contribution in [0.4, 0.5) is 0 Å². The van der Waals surface area contributed by atoms with Gasteiger partial charge >= 0.3 is 0 Å². The van der Waals surface area contributed by atoms with Crippen molar-refractivity contribution in [2.75, 3.05) is 14.2 Å². The van der Waals surface area contributed by atoms with Crippen molar-refractivity contribution in [3.8, 4) is 11.5 Å². The molecule has 0 spiro atoms. The lowest BCUT2D eigenvalue weighted by Gasteiger charge is -2.08. The first-order valence-corrected chi connectivity index (χ1v) is 7.00. The highest BCUT2D eigenvalue weighted by molar-refractivity contribution is 5.43. The van der Waals surface area contributed by atoms with Crippen LogP contribution in [0.15, 0.2) is 22.7 Å². The SMILES string of the molecule is COc1ccc(Cc2noc(C(N)C3CC3)n2)cc1OC.